The SMILES string of the molecule is CCCc1cc(C2CC2)nc(-c2ccc(N)cc2)n1. The van der Waals surface area contributed by atoms with E-state index in [1.165, 1.54) is 18.5 Å². The van der Waals surface area contributed by atoms with Crippen molar-refractivity contribution in [2.75, 3.05) is 5.73 Å². The lowest BCUT2D eigenvalue weighted by Gasteiger charge is -2.07. The first-order valence-electron chi connectivity index (χ1n) is 7.00. The van der Waals surface area contributed by atoms with Crippen LogP contribution < -0.4 is 5.73 Å². The molecule has 3 nitrogen and oxygen atoms in total. The second kappa shape index (κ2) is 5.00. The number of hydrogen-bond donors (Lipinski definition) is 1. The van der Waals surface area contributed by atoms with Crippen molar-refractivity contribution in [3.63, 3.8) is 0 Å². The Labute approximate surface area is 113 Å². The van der Waals surface area contributed by atoms with Crippen LogP contribution in [-0.4, -0.2) is 9.97 Å². The Morgan fingerprint density at radius 2 is 1.89 bits per heavy atom. The minimum Gasteiger partial charge on any atom is -0.399 e. The molecule has 3 heteroatoms. The highest BCUT2D eigenvalue weighted by Gasteiger charge is 2.26. The van der Waals surface area contributed by atoms with Crippen LogP contribution in [0.15, 0.2) is 30.3 Å². The number of benzene rings is 1. The maximum Gasteiger partial charge on any atom is 0.159 e. The molecule has 98 valence electrons. The van der Waals surface area contributed by atoms with Crippen LogP contribution in [0.25, 0.3) is 11.4 Å². The lowest BCUT2D eigenvalue weighted by atomic mass is 10.1. The second-order valence-electron chi connectivity index (χ2n) is 5.25. The van der Waals surface area contributed by atoms with Crippen LogP contribution in [0.5, 0.6) is 0 Å². The molecular weight excluding hydrogens is 234 g/mol. The zero-order chi connectivity index (χ0) is 13.2. The van der Waals surface area contributed by atoms with Gasteiger partial charge < -0.3 is 5.73 Å². The van der Waals surface area contributed by atoms with Crippen LogP contribution in [0.2, 0.25) is 0 Å². The molecule has 0 saturated heterocycles. The van der Waals surface area contributed by atoms with Gasteiger partial charge in [-0.05, 0) is 49.6 Å². The quantitative estimate of drug-likeness (QED) is 0.848. The molecule has 0 bridgehead atoms. The third-order valence-corrected chi connectivity index (χ3v) is 3.47. The maximum atomic E-state index is 5.73. The summed E-state index contributed by atoms with van der Waals surface area (Å²) in [7, 11) is 0. The van der Waals surface area contributed by atoms with Crippen molar-refractivity contribution >= 4 is 5.69 Å². The maximum absolute atomic E-state index is 5.73. The Morgan fingerprint density at radius 3 is 2.53 bits per heavy atom. The molecule has 1 aromatic heterocycles. The van der Waals surface area contributed by atoms with E-state index in [2.05, 4.69) is 18.0 Å². The largest absolute Gasteiger partial charge is 0.399 e. The molecule has 1 heterocycles. The zero-order valence-corrected chi connectivity index (χ0v) is 11.3. The smallest absolute Gasteiger partial charge is 0.159 e. The second-order valence-corrected chi connectivity index (χ2v) is 5.25. The Morgan fingerprint density at radius 1 is 1.16 bits per heavy atom. The third kappa shape index (κ3) is 2.75. The molecule has 0 unspecified atom stereocenters. The fourth-order valence-corrected chi connectivity index (χ4v) is 2.25. The van der Waals surface area contributed by atoms with Crippen LogP contribution in [-0.2, 0) is 6.42 Å². The van der Waals surface area contributed by atoms with Crippen LogP contribution in [0.4, 0.5) is 5.69 Å². The molecule has 1 aliphatic carbocycles. The highest BCUT2D eigenvalue weighted by molar-refractivity contribution is 5.59. The van der Waals surface area contributed by atoms with E-state index in [1.807, 2.05) is 24.3 Å². The molecule has 0 radical (unpaired) electrons. The highest BCUT2D eigenvalue weighted by atomic mass is 14.9. The van der Waals surface area contributed by atoms with E-state index < -0.39 is 0 Å². The van der Waals surface area contributed by atoms with Crippen LogP contribution in [0.3, 0.4) is 0 Å². The van der Waals surface area contributed by atoms with Crippen molar-refractivity contribution in [2.24, 2.45) is 0 Å². The van der Waals surface area contributed by atoms with Crippen molar-refractivity contribution in [1.29, 1.82) is 0 Å². The highest BCUT2D eigenvalue weighted by Crippen LogP contribution is 2.39. The van der Waals surface area contributed by atoms with Gasteiger partial charge in [-0.15, -0.1) is 0 Å². The number of nitrogens with two attached hydrogens (primary N) is 1. The summed E-state index contributed by atoms with van der Waals surface area (Å²) in [5, 5.41) is 0. The van der Waals surface area contributed by atoms with E-state index in [1.54, 1.807) is 0 Å². The van der Waals surface area contributed by atoms with E-state index in [0.717, 1.165) is 35.6 Å². The Balaban J connectivity index is 2.01. The molecule has 0 amide bonds. The van der Waals surface area contributed by atoms with Crippen molar-refractivity contribution in [3.8, 4) is 11.4 Å². The monoisotopic (exact) mass is 253 g/mol. The normalized spacial score (nSPS) is 14.6. The van der Waals surface area contributed by atoms with Gasteiger partial charge in [0.25, 0.3) is 0 Å². The molecule has 2 N–H and O–H groups in total. The van der Waals surface area contributed by atoms with Gasteiger partial charge >= 0.3 is 0 Å². The number of anilines is 1. The first kappa shape index (κ1) is 12.2. The number of nitrogens with zero attached hydrogens (tertiary/aromatic N) is 2. The molecule has 0 atom stereocenters. The molecule has 1 fully saturated rings. The molecule has 1 aliphatic rings. The average Bonchev–Trinajstić information content (AvgIpc) is 3.24. The van der Waals surface area contributed by atoms with Gasteiger partial charge in [-0.25, -0.2) is 9.97 Å². The van der Waals surface area contributed by atoms with Gasteiger partial charge in [0.2, 0.25) is 0 Å². The average molecular weight is 253 g/mol. The lowest BCUT2D eigenvalue weighted by Crippen LogP contribution is -2.00. The summed E-state index contributed by atoms with van der Waals surface area (Å²) in [5.74, 6) is 1.50. The first-order valence-corrected chi connectivity index (χ1v) is 7.00. The van der Waals surface area contributed by atoms with E-state index in [0.29, 0.717) is 5.92 Å². The zero-order valence-electron chi connectivity index (χ0n) is 11.3. The summed E-state index contributed by atoms with van der Waals surface area (Å²) in [6.07, 6.45) is 4.67. The number of aryl methyl sites for hydroxylation is 1. The van der Waals surface area contributed by atoms with Gasteiger partial charge in [0.05, 0.1) is 0 Å². The van der Waals surface area contributed by atoms with Crippen LogP contribution in [0, 0.1) is 0 Å². The molecule has 19 heavy (non-hydrogen) atoms. The van der Waals surface area contributed by atoms with E-state index in [4.69, 9.17) is 10.7 Å². The van der Waals surface area contributed by atoms with Crippen LogP contribution >= 0.6 is 0 Å². The number of aromatic nitrogens is 2. The number of nitrogen functional groups attached to an aromatic ring is 1. The minimum atomic E-state index is 0.658. The van der Waals surface area contributed by atoms with Crippen molar-refractivity contribution in [1.82, 2.24) is 9.97 Å². The van der Waals surface area contributed by atoms with Gasteiger partial charge in [0.1, 0.15) is 0 Å². The molecule has 0 aliphatic heterocycles. The Kier molecular flexibility index (Phi) is 3.20. The van der Waals surface area contributed by atoms with E-state index in [9.17, 15) is 0 Å². The fourth-order valence-electron chi connectivity index (χ4n) is 2.25. The van der Waals surface area contributed by atoms with E-state index in [-0.39, 0.29) is 0 Å². The summed E-state index contributed by atoms with van der Waals surface area (Å²) in [6, 6.07) is 9.99. The standard InChI is InChI=1S/C16H19N3/c1-2-3-14-10-15(11-4-5-11)19-16(18-14)12-6-8-13(17)9-7-12/h6-11H,2-5,17H2,1H3. The van der Waals surface area contributed by atoms with Gasteiger partial charge in [0.15, 0.2) is 5.82 Å². The Hall–Kier alpha value is -1.90. The number of rotatable bonds is 4. The predicted molar refractivity (Wildman–Crippen MR) is 77.9 cm³/mol. The van der Waals surface area contributed by atoms with Gasteiger partial charge in [-0.1, -0.05) is 13.3 Å². The van der Waals surface area contributed by atoms with Crippen molar-refractivity contribution < 1.29 is 0 Å². The third-order valence-electron chi connectivity index (χ3n) is 3.47. The molecule has 1 saturated carbocycles. The first-order chi connectivity index (χ1) is 9.26. The van der Waals surface area contributed by atoms with Gasteiger partial charge in [-0.3, -0.25) is 0 Å². The van der Waals surface area contributed by atoms with E-state index >= 15 is 0 Å². The topological polar surface area (TPSA) is 51.8 Å². The summed E-state index contributed by atoms with van der Waals surface area (Å²) >= 11 is 0. The van der Waals surface area contributed by atoms with Crippen molar-refractivity contribution in [2.45, 2.75) is 38.5 Å². The fraction of sp³-hybridized carbons (Fsp3) is 0.375. The summed E-state index contributed by atoms with van der Waals surface area (Å²) < 4.78 is 0. The molecular formula is C16H19N3. The lowest BCUT2D eigenvalue weighted by molar-refractivity contribution is 0.858. The van der Waals surface area contributed by atoms with Crippen molar-refractivity contribution in [3.05, 3.63) is 41.7 Å². The molecule has 3 rings (SSSR count). The van der Waals surface area contributed by atoms with Gasteiger partial charge in [-0.2, -0.15) is 0 Å². The minimum absolute atomic E-state index is 0.658. The number of hydrogen-bond acceptors (Lipinski definition) is 3. The molecule has 0 spiro atoms. The van der Waals surface area contributed by atoms with Crippen LogP contribution in [0.1, 0.15) is 43.5 Å². The van der Waals surface area contributed by atoms with Gasteiger partial charge in [0, 0.05) is 28.6 Å². The Bertz CT molecular complexity index is 571. The molecule has 2 aromatic rings. The summed E-state index contributed by atoms with van der Waals surface area (Å²) in [6.45, 7) is 2.18. The summed E-state index contributed by atoms with van der Waals surface area (Å²) in [5.41, 5.74) is 9.93. The summed E-state index contributed by atoms with van der Waals surface area (Å²) in [4.78, 5) is 9.41. The predicted octanol–water partition coefficient (Wildman–Crippen LogP) is 3.56. The molecule has 1 aromatic carbocycles.